The van der Waals surface area contributed by atoms with Gasteiger partial charge in [0.1, 0.15) is 11.9 Å². The molecule has 2 heterocycles. The molecule has 24 heavy (non-hydrogen) atoms. The average molecular weight is 333 g/mol. The van der Waals surface area contributed by atoms with E-state index < -0.39 is 6.10 Å². The van der Waals surface area contributed by atoms with Crippen molar-refractivity contribution in [3.63, 3.8) is 0 Å². The SMILES string of the molecule is Cn1ccnc1C(O)C1CCCN(C(=O)CC2(C)CCCCC2)C1. The Hall–Kier alpha value is -1.36. The number of amides is 1. The predicted molar refractivity (Wildman–Crippen MR) is 93.3 cm³/mol. The van der Waals surface area contributed by atoms with Crippen LogP contribution in [0.15, 0.2) is 12.4 Å². The van der Waals surface area contributed by atoms with Gasteiger partial charge < -0.3 is 14.6 Å². The molecule has 1 aromatic rings. The van der Waals surface area contributed by atoms with E-state index in [2.05, 4.69) is 11.9 Å². The number of hydrogen-bond acceptors (Lipinski definition) is 3. The third kappa shape index (κ3) is 3.82. The van der Waals surface area contributed by atoms with Gasteiger partial charge in [0.15, 0.2) is 0 Å². The van der Waals surface area contributed by atoms with Gasteiger partial charge in [0.05, 0.1) is 0 Å². The molecule has 5 nitrogen and oxygen atoms in total. The van der Waals surface area contributed by atoms with Crippen LogP contribution in [0.5, 0.6) is 0 Å². The van der Waals surface area contributed by atoms with Gasteiger partial charge in [-0.1, -0.05) is 26.2 Å². The van der Waals surface area contributed by atoms with Gasteiger partial charge in [0.2, 0.25) is 5.91 Å². The van der Waals surface area contributed by atoms with Crippen molar-refractivity contribution in [2.24, 2.45) is 18.4 Å². The standard InChI is InChI=1S/C19H31N3O2/c1-19(8-4-3-5-9-19)13-16(23)22-11-6-7-15(14-22)17(24)18-20-10-12-21(18)2/h10,12,15,17,24H,3-9,11,13-14H2,1-2H3. The molecular formula is C19H31N3O2. The van der Waals surface area contributed by atoms with Crippen LogP contribution in [0.4, 0.5) is 0 Å². The van der Waals surface area contributed by atoms with Crippen LogP contribution in [0, 0.1) is 11.3 Å². The molecule has 2 unspecified atom stereocenters. The van der Waals surface area contributed by atoms with Crippen molar-refractivity contribution >= 4 is 5.91 Å². The van der Waals surface area contributed by atoms with E-state index >= 15 is 0 Å². The number of aliphatic hydroxyl groups is 1. The van der Waals surface area contributed by atoms with Crippen LogP contribution in [-0.2, 0) is 11.8 Å². The fraction of sp³-hybridized carbons (Fsp3) is 0.789. The summed E-state index contributed by atoms with van der Waals surface area (Å²) in [5.74, 6) is 1.06. The van der Waals surface area contributed by atoms with E-state index in [0.29, 0.717) is 18.8 Å². The van der Waals surface area contributed by atoms with E-state index in [1.54, 1.807) is 6.20 Å². The van der Waals surface area contributed by atoms with Crippen molar-refractivity contribution in [1.82, 2.24) is 14.5 Å². The molecule has 2 atom stereocenters. The normalized spacial score (nSPS) is 25.5. The van der Waals surface area contributed by atoms with Crippen molar-refractivity contribution in [1.29, 1.82) is 0 Å². The van der Waals surface area contributed by atoms with Crippen LogP contribution in [0.3, 0.4) is 0 Å². The molecule has 0 aromatic carbocycles. The maximum absolute atomic E-state index is 12.8. The highest BCUT2D eigenvalue weighted by molar-refractivity contribution is 5.77. The first-order chi connectivity index (χ1) is 11.5. The fourth-order valence-corrected chi connectivity index (χ4v) is 4.43. The summed E-state index contributed by atoms with van der Waals surface area (Å²) < 4.78 is 1.87. The minimum Gasteiger partial charge on any atom is -0.385 e. The third-order valence-electron chi connectivity index (χ3n) is 6.02. The summed E-state index contributed by atoms with van der Waals surface area (Å²) in [6.07, 6.45) is 11.7. The number of hydrogen-bond donors (Lipinski definition) is 1. The molecule has 0 radical (unpaired) electrons. The third-order valence-corrected chi connectivity index (χ3v) is 6.02. The van der Waals surface area contributed by atoms with E-state index in [-0.39, 0.29) is 17.2 Å². The Morgan fingerprint density at radius 1 is 1.38 bits per heavy atom. The molecule has 2 aliphatic rings. The van der Waals surface area contributed by atoms with E-state index in [0.717, 1.165) is 19.4 Å². The summed E-state index contributed by atoms with van der Waals surface area (Å²) in [6.45, 7) is 3.76. The minimum atomic E-state index is -0.592. The topological polar surface area (TPSA) is 58.4 Å². The molecule has 1 N–H and O–H groups in total. The Kier molecular flexibility index (Phi) is 5.28. The summed E-state index contributed by atoms with van der Waals surface area (Å²) in [5.41, 5.74) is 0.181. The number of nitrogens with zero attached hydrogens (tertiary/aromatic N) is 3. The van der Waals surface area contributed by atoms with Gasteiger partial charge in [-0.3, -0.25) is 4.79 Å². The molecule has 5 heteroatoms. The Bertz CT molecular complexity index is 563. The van der Waals surface area contributed by atoms with Crippen LogP contribution >= 0.6 is 0 Å². The zero-order valence-electron chi connectivity index (χ0n) is 15.1. The maximum atomic E-state index is 12.8. The lowest BCUT2D eigenvalue weighted by Gasteiger charge is -2.38. The number of imidazole rings is 1. The van der Waals surface area contributed by atoms with E-state index in [4.69, 9.17) is 0 Å². The van der Waals surface area contributed by atoms with Crippen LogP contribution in [0.25, 0.3) is 0 Å². The van der Waals surface area contributed by atoms with Crippen molar-refractivity contribution in [2.75, 3.05) is 13.1 Å². The molecule has 1 aliphatic carbocycles. The number of piperidine rings is 1. The smallest absolute Gasteiger partial charge is 0.223 e. The summed E-state index contributed by atoms with van der Waals surface area (Å²) in [6, 6.07) is 0. The fourth-order valence-electron chi connectivity index (χ4n) is 4.43. The van der Waals surface area contributed by atoms with Crippen LogP contribution in [0.1, 0.15) is 70.2 Å². The number of carbonyl (C=O) groups is 1. The number of carbonyl (C=O) groups excluding carboxylic acids is 1. The number of rotatable bonds is 4. The minimum absolute atomic E-state index is 0.0861. The summed E-state index contributed by atoms with van der Waals surface area (Å²) in [4.78, 5) is 19.1. The van der Waals surface area contributed by atoms with Gasteiger partial charge in [-0.25, -0.2) is 4.98 Å². The monoisotopic (exact) mass is 333 g/mol. The van der Waals surface area contributed by atoms with E-state index in [1.165, 1.54) is 32.1 Å². The Morgan fingerprint density at radius 3 is 2.79 bits per heavy atom. The van der Waals surface area contributed by atoms with Gasteiger partial charge in [-0.2, -0.15) is 0 Å². The average Bonchev–Trinajstić information content (AvgIpc) is 3.00. The van der Waals surface area contributed by atoms with Crippen molar-refractivity contribution < 1.29 is 9.90 Å². The van der Waals surface area contributed by atoms with Crippen molar-refractivity contribution in [2.45, 2.75) is 64.4 Å². The van der Waals surface area contributed by atoms with Gasteiger partial charge in [0, 0.05) is 44.9 Å². The van der Waals surface area contributed by atoms with Gasteiger partial charge in [-0.05, 0) is 31.1 Å². The lowest BCUT2D eigenvalue weighted by atomic mass is 9.73. The lowest BCUT2D eigenvalue weighted by Crippen LogP contribution is -2.43. The first kappa shape index (κ1) is 17.5. The molecule has 0 spiro atoms. The first-order valence-electron chi connectivity index (χ1n) is 9.42. The maximum Gasteiger partial charge on any atom is 0.223 e. The molecule has 1 amide bonds. The molecule has 1 aromatic heterocycles. The Morgan fingerprint density at radius 2 is 2.12 bits per heavy atom. The number of likely N-dealkylation sites (tertiary alicyclic amines) is 1. The summed E-state index contributed by atoms with van der Waals surface area (Å²) in [5, 5.41) is 10.7. The molecule has 1 saturated carbocycles. The van der Waals surface area contributed by atoms with Crippen molar-refractivity contribution in [3.05, 3.63) is 18.2 Å². The zero-order valence-corrected chi connectivity index (χ0v) is 15.1. The van der Waals surface area contributed by atoms with Gasteiger partial charge in [0.25, 0.3) is 0 Å². The largest absolute Gasteiger partial charge is 0.385 e. The molecule has 2 fully saturated rings. The van der Waals surface area contributed by atoms with Crippen LogP contribution < -0.4 is 0 Å². The highest BCUT2D eigenvalue weighted by Crippen LogP contribution is 2.39. The second-order valence-corrected chi connectivity index (χ2v) is 8.13. The second kappa shape index (κ2) is 7.26. The molecule has 1 aliphatic heterocycles. The number of aliphatic hydroxyl groups excluding tert-OH is 1. The highest BCUT2D eigenvalue weighted by Gasteiger charge is 2.35. The van der Waals surface area contributed by atoms with Gasteiger partial charge in [-0.15, -0.1) is 0 Å². The quantitative estimate of drug-likeness (QED) is 0.921. The molecular weight excluding hydrogens is 302 g/mol. The van der Waals surface area contributed by atoms with E-state index in [9.17, 15) is 9.90 Å². The first-order valence-corrected chi connectivity index (χ1v) is 9.42. The van der Waals surface area contributed by atoms with Crippen LogP contribution in [0.2, 0.25) is 0 Å². The lowest BCUT2D eigenvalue weighted by molar-refractivity contribution is -0.136. The van der Waals surface area contributed by atoms with Gasteiger partial charge >= 0.3 is 0 Å². The van der Waals surface area contributed by atoms with Crippen LogP contribution in [-0.4, -0.2) is 38.6 Å². The zero-order chi connectivity index (χ0) is 17.2. The molecule has 1 saturated heterocycles. The number of aromatic nitrogens is 2. The summed E-state index contributed by atoms with van der Waals surface area (Å²) in [7, 11) is 1.90. The summed E-state index contributed by atoms with van der Waals surface area (Å²) >= 11 is 0. The van der Waals surface area contributed by atoms with Crippen molar-refractivity contribution in [3.8, 4) is 0 Å². The Labute approximate surface area is 145 Å². The predicted octanol–water partition coefficient (Wildman–Crippen LogP) is 3.05. The van der Waals surface area contributed by atoms with E-state index in [1.807, 2.05) is 22.7 Å². The molecule has 134 valence electrons. The number of aryl methyl sites for hydroxylation is 1. The molecule has 0 bridgehead atoms. The highest BCUT2D eigenvalue weighted by atomic mass is 16.3. The second-order valence-electron chi connectivity index (χ2n) is 8.13. The Balaban J connectivity index is 1.60. The molecule has 3 rings (SSSR count).